The van der Waals surface area contributed by atoms with Gasteiger partial charge in [-0.15, -0.1) is 0 Å². The summed E-state index contributed by atoms with van der Waals surface area (Å²) in [5.41, 5.74) is 0.886. The fourth-order valence-electron chi connectivity index (χ4n) is 3.59. The summed E-state index contributed by atoms with van der Waals surface area (Å²) in [5.74, 6) is -0.693. The van der Waals surface area contributed by atoms with E-state index in [1.54, 1.807) is 18.2 Å². The number of hydrogen-bond acceptors (Lipinski definition) is 4. The molecule has 0 radical (unpaired) electrons. The summed E-state index contributed by atoms with van der Waals surface area (Å²) in [7, 11) is 0. The van der Waals surface area contributed by atoms with Crippen LogP contribution in [-0.2, 0) is 4.79 Å². The molecule has 26 heavy (non-hydrogen) atoms. The number of nitrogens with one attached hydrogen (secondary N) is 1. The van der Waals surface area contributed by atoms with Crippen molar-refractivity contribution >= 4 is 18.0 Å². The first-order valence-corrected chi connectivity index (χ1v) is 8.70. The van der Waals surface area contributed by atoms with Crippen molar-refractivity contribution in [1.29, 1.82) is 0 Å². The normalized spacial score (nSPS) is 20.0. The van der Waals surface area contributed by atoms with Crippen molar-refractivity contribution < 1.29 is 18.4 Å². The van der Waals surface area contributed by atoms with Crippen LogP contribution in [0.5, 0.6) is 0 Å². The first-order chi connectivity index (χ1) is 12.6. The first-order valence-electron chi connectivity index (χ1n) is 8.70. The highest BCUT2D eigenvalue weighted by molar-refractivity contribution is 6.14. The minimum Gasteiger partial charge on any atom is -0.464 e. The fourth-order valence-corrected chi connectivity index (χ4v) is 3.59. The molecule has 2 fully saturated rings. The second-order valence-corrected chi connectivity index (χ2v) is 6.50. The molecule has 3 heterocycles. The molecule has 0 unspecified atom stereocenters. The van der Waals surface area contributed by atoms with Gasteiger partial charge in [-0.1, -0.05) is 19.3 Å². The van der Waals surface area contributed by atoms with E-state index < -0.39 is 12.0 Å². The number of carbonyl (C=O) groups is 2. The Morgan fingerprint density at radius 1 is 1.19 bits per heavy atom. The van der Waals surface area contributed by atoms with Crippen LogP contribution in [-0.4, -0.2) is 27.9 Å². The Labute approximate surface area is 149 Å². The second kappa shape index (κ2) is 6.74. The van der Waals surface area contributed by atoms with Crippen LogP contribution in [0.2, 0.25) is 0 Å². The number of furan rings is 1. The monoisotopic (exact) mass is 355 g/mol. The lowest BCUT2D eigenvalue weighted by molar-refractivity contribution is -0.124. The molecule has 134 valence electrons. The zero-order chi connectivity index (χ0) is 18.1. The van der Waals surface area contributed by atoms with Gasteiger partial charge in [0, 0.05) is 29.4 Å². The Hall–Kier alpha value is -2.96. The Morgan fingerprint density at radius 3 is 2.77 bits per heavy atom. The number of urea groups is 1. The topological polar surface area (TPSA) is 75.4 Å². The third-order valence-corrected chi connectivity index (χ3v) is 4.87. The van der Waals surface area contributed by atoms with E-state index in [1.807, 2.05) is 0 Å². The number of amides is 3. The van der Waals surface area contributed by atoms with Crippen molar-refractivity contribution in [3.8, 4) is 11.1 Å². The van der Waals surface area contributed by atoms with Crippen molar-refractivity contribution in [2.24, 2.45) is 0 Å². The van der Waals surface area contributed by atoms with Crippen molar-refractivity contribution in [3.63, 3.8) is 0 Å². The lowest BCUT2D eigenvalue weighted by atomic mass is 9.94. The largest absolute Gasteiger partial charge is 0.464 e. The summed E-state index contributed by atoms with van der Waals surface area (Å²) >= 11 is 0. The Kier molecular flexibility index (Phi) is 4.28. The molecule has 0 bridgehead atoms. The zero-order valence-electron chi connectivity index (χ0n) is 14.1. The first kappa shape index (κ1) is 16.5. The SMILES string of the molecule is O=C1NC(=Cc2occc2-c2cccnc2F)C(=O)N1C1CCCCC1. The summed E-state index contributed by atoms with van der Waals surface area (Å²) in [6.07, 6.45) is 9.06. The Bertz CT molecular complexity index is 884. The van der Waals surface area contributed by atoms with E-state index in [0.29, 0.717) is 11.3 Å². The molecule has 1 N–H and O–H groups in total. The van der Waals surface area contributed by atoms with Crippen LogP contribution in [0.4, 0.5) is 9.18 Å². The van der Waals surface area contributed by atoms with Crippen LogP contribution in [0, 0.1) is 5.95 Å². The van der Waals surface area contributed by atoms with Gasteiger partial charge in [0.05, 0.1) is 6.26 Å². The summed E-state index contributed by atoms with van der Waals surface area (Å²) in [4.78, 5) is 29.9. The number of hydrogen-bond donors (Lipinski definition) is 1. The van der Waals surface area contributed by atoms with Crippen molar-refractivity contribution in [2.45, 2.75) is 38.1 Å². The molecule has 1 saturated heterocycles. The van der Waals surface area contributed by atoms with E-state index in [4.69, 9.17) is 4.42 Å². The van der Waals surface area contributed by atoms with Crippen molar-refractivity contribution in [2.75, 3.05) is 0 Å². The Balaban J connectivity index is 1.64. The molecule has 0 aromatic carbocycles. The highest BCUT2D eigenvalue weighted by atomic mass is 19.1. The van der Waals surface area contributed by atoms with Gasteiger partial charge in [-0.05, 0) is 31.0 Å². The number of carbonyl (C=O) groups excluding carboxylic acids is 2. The highest BCUT2D eigenvalue weighted by Gasteiger charge is 2.39. The van der Waals surface area contributed by atoms with Gasteiger partial charge >= 0.3 is 6.03 Å². The van der Waals surface area contributed by atoms with Gasteiger partial charge in [0.1, 0.15) is 11.5 Å². The van der Waals surface area contributed by atoms with Crippen LogP contribution < -0.4 is 5.32 Å². The van der Waals surface area contributed by atoms with Crippen LogP contribution in [0.15, 0.2) is 40.8 Å². The van der Waals surface area contributed by atoms with E-state index in [1.165, 1.54) is 23.4 Å². The van der Waals surface area contributed by atoms with Gasteiger partial charge in [0.15, 0.2) is 0 Å². The Morgan fingerprint density at radius 2 is 2.00 bits per heavy atom. The minimum absolute atomic E-state index is 0.0611. The van der Waals surface area contributed by atoms with Crippen molar-refractivity contribution in [1.82, 2.24) is 15.2 Å². The van der Waals surface area contributed by atoms with Gasteiger partial charge in [-0.3, -0.25) is 9.69 Å². The average Bonchev–Trinajstić information content (AvgIpc) is 3.21. The lowest BCUT2D eigenvalue weighted by Crippen LogP contribution is -2.41. The number of imide groups is 1. The number of aromatic nitrogens is 1. The molecule has 3 amide bonds. The van der Waals surface area contributed by atoms with Crippen LogP contribution in [0.3, 0.4) is 0 Å². The average molecular weight is 355 g/mol. The summed E-state index contributed by atoms with van der Waals surface area (Å²) in [6, 6.07) is 4.34. The molecule has 2 aromatic rings. The standard InChI is InChI=1S/C19H18FN3O3/c20-17-14(7-4-9-21-17)13-8-10-26-16(13)11-15-18(24)23(19(25)22-15)12-5-2-1-3-6-12/h4,7-12H,1-3,5-6H2,(H,22,25). The zero-order valence-corrected chi connectivity index (χ0v) is 14.1. The van der Waals surface area contributed by atoms with E-state index in [2.05, 4.69) is 10.3 Å². The smallest absolute Gasteiger partial charge is 0.329 e. The van der Waals surface area contributed by atoms with Crippen molar-refractivity contribution in [3.05, 3.63) is 48.1 Å². The molecule has 6 nitrogen and oxygen atoms in total. The van der Waals surface area contributed by atoms with E-state index >= 15 is 0 Å². The van der Waals surface area contributed by atoms with Gasteiger partial charge in [-0.2, -0.15) is 4.39 Å². The molecule has 0 spiro atoms. The molecule has 1 aliphatic carbocycles. The van der Waals surface area contributed by atoms with E-state index in [-0.39, 0.29) is 23.2 Å². The highest BCUT2D eigenvalue weighted by Crippen LogP contribution is 2.30. The predicted molar refractivity (Wildman–Crippen MR) is 92.1 cm³/mol. The van der Waals surface area contributed by atoms with Gasteiger partial charge in [-0.25, -0.2) is 9.78 Å². The molecular weight excluding hydrogens is 337 g/mol. The lowest BCUT2D eigenvalue weighted by Gasteiger charge is -2.28. The molecular formula is C19H18FN3O3. The molecule has 7 heteroatoms. The molecule has 2 aromatic heterocycles. The van der Waals surface area contributed by atoms with E-state index in [9.17, 15) is 14.0 Å². The summed E-state index contributed by atoms with van der Waals surface area (Å²) in [5, 5.41) is 2.61. The summed E-state index contributed by atoms with van der Waals surface area (Å²) in [6.45, 7) is 0. The third kappa shape index (κ3) is 2.89. The second-order valence-electron chi connectivity index (χ2n) is 6.50. The van der Waals surface area contributed by atoms with Crippen LogP contribution in [0.1, 0.15) is 37.9 Å². The molecule has 1 aliphatic heterocycles. The summed E-state index contributed by atoms with van der Waals surface area (Å²) < 4.78 is 19.4. The molecule has 0 atom stereocenters. The third-order valence-electron chi connectivity index (χ3n) is 4.87. The quantitative estimate of drug-likeness (QED) is 0.517. The van der Waals surface area contributed by atoms with Gasteiger partial charge in [0.25, 0.3) is 5.91 Å². The van der Waals surface area contributed by atoms with E-state index in [0.717, 1.165) is 32.1 Å². The maximum atomic E-state index is 14.0. The number of pyridine rings is 1. The fraction of sp³-hybridized carbons (Fsp3) is 0.316. The van der Waals surface area contributed by atoms with Crippen LogP contribution >= 0.6 is 0 Å². The predicted octanol–water partition coefficient (Wildman–Crippen LogP) is 3.71. The molecule has 4 rings (SSSR count). The van der Waals surface area contributed by atoms with Gasteiger partial charge in [0.2, 0.25) is 5.95 Å². The minimum atomic E-state index is -0.626. The molecule has 2 aliphatic rings. The maximum Gasteiger partial charge on any atom is 0.329 e. The van der Waals surface area contributed by atoms with Gasteiger partial charge < -0.3 is 9.73 Å². The number of nitrogens with zero attached hydrogens (tertiary/aromatic N) is 2. The number of rotatable bonds is 3. The van der Waals surface area contributed by atoms with Crippen LogP contribution in [0.25, 0.3) is 17.2 Å². The molecule has 1 saturated carbocycles. The maximum absolute atomic E-state index is 14.0. The number of halogens is 1.